The van der Waals surface area contributed by atoms with Gasteiger partial charge >= 0.3 is 6.18 Å². The highest BCUT2D eigenvalue weighted by atomic mass is 19.4. The van der Waals surface area contributed by atoms with Crippen molar-refractivity contribution in [2.24, 2.45) is 0 Å². The molecule has 0 aliphatic carbocycles. The van der Waals surface area contributed by atoms with Gasteiger partial charge in [-0.3, -0.25) is 14.7 Å². The Morgan fingerprint density at radius 1 is 1.21 bits per heavy atom. The summed E-state index contributed by atoms with van der Waals surface area (Å²) in [6, 6.07) is 3.03. The highest BCUT2D eigenvalue weighted by Crippen LogP contribution is 2.26. The Labute approximate surface area is 168 Å². The largest absolute Gasteiger partial charge is 0.475 e. The lowest BCUT2D eigenvalue weighted by molar-refractivity contribution is -0.140. The van der Waals surface area contributed by atoms with Crippen molar-refractivity contribution >= 4 is 23.0 Å². The molecule has 1 N–H and O–H groups in total. The normalized spacial score (nSPS) is 12.2. The Morgan fingerprint density at radius 3 is 2.41 bits per heavy atom. The summed E-state index contributed by atoms with van der Waals surface area (Å²) in [6.07, 6.45) is -4.72. The number of ether oxygens (including phenoxy) is 2. The van der Waals surface area contributed by atoms with Crippen LogP contribution in [-0.4, -0.2) is 44.9 Å². The van der Waals surface area contributed by atoms with Gasteiger partial charge in [0.15, 0.2) is 5.65 Å². The molecule has 164 valence electrons. The van der Waals surface area contributed by atoms with Crippen molar-refractivity contribution in [3.8, 4) is 5.88 Å². The number of alkyl halides is 3. The third kappa shape index (κ3) is 7.88. The zero-order valence-corrected chi connectivity index (χ0v) is 16.6. The van der Waals surface area contributed by atoms with Gasteiger partial charge in [-0.2, -0.15) is 18.2 Å². The molecule has 0 aliphatic rings. The van der Waals surface area contributed by atoms with Crippen LogP contribution >= 0.6 is 0 Å². The fraction of sp³-hybridized carbons (Fsp3) is 0.632. The van der Waals surface area contributed by atoms with E-state index >= 15 is 0 Å². The molecular formula is C19H29F3N4O3. The molecule has 0 saturated heterocycles. The van der Waals surface area contributed by atoms with E-state index in [1.807, 2.05) is 20.8 Å². The predicted octanol–water partition coefficient (Wildman–Crippen LogP) is 4.56. The lowest BCUT2D eigenvalue weighted by Crippen LogP contribution is -2.25. The van der Waals surface area contributed by atoms with Gasteiger partial charge in [0.2, 0.25) is 17.7 Å². The molecule has 2 aromatic heterocycles. The van der Waals surface area contributed by atoms with Crippen LogP contribution in [0.4, 0.5) is 19.1 Å². The molecule has 0 unspecified atom stereocenters. The van der Waals surface area contributed by atoms with Crippen LogP contribution in [0.25, 0.3) is 11.2 Å². The van der Waals surface area contributed by atoms with E-state index < -0.39 is 24.2 Å². The average molecular weight is 418 g/mol. The van der Waals surface area contributed by atoms with Crippen molar-refractivity contribution in [2.75, 3.05) is 11.9 Å². The first-order valence-electron chi connectivity index (χ1n) is 8.88. The number of pyridine rings is 1. The molecule has 0 radical (unpaired) electrons. The van der Waals surface area contributed by atoms with Crippen LogP contribution < -0.4 is 10.1 Å². The Morgan fingerprint density at radius 2 is 1.86 bits per heavy atom. The third-order valence-corrected chi connectivity index (χ3v) is 3.38. The van der Waals surface area contributed by atoms with Gasteiger partial charge in [0.05, 0.1) is 24.7 Å². The maximum atomic E-state index is 13.1. The summed E-state index contributed by atoms with van der Waals surface area (Å²) in [5.41, 5.74) is -0.209. The van der Waals surface area contributed by atoms with E-state index in [1.165, 1.54) is 12.1 Å². The molecule has 0 fully saturated rings. The SMILES string of the molecule is C.CC(C)Oc1ccc2nc(NC(=O)CCOC(C)(C)C)n(CC(F)(F)F)c2n1. The molecule has 7 nitrogen and oxygen atoms in total. The first kappa shape index (κ1) is 24.7. The Hall–Kier alpha value is -2.36. The molecule has 0 aliphatic heterocycles. The molecule has 0 saturated carbocycles. The first-order valence-corrected chi connectivity index (χ1v) is 8.88. The van der Waals surface area contributed by atoms with Gasteiger partial charge in [-0.25, -0.2) is 4.98 Å². The van der Waals surface area contributed by atoms with E-state index in [9.17, 15) is 18.0 Å². The number of anilines is 1. The van der Waals surface area contributed by atoms with Crippen LogP contribution in [0.15, 0.2) is 12.1 Å². The Balaban J connectivity index is 0.00000420. The number of aromatic nitrogens is 3. The predicted molar refractivity (Wildman–Crippen MR) is 105 cm³/mol. The summed E-state index contributed by atoms with van der Waals surface area (Å²) in [5.74, 6) is -0.536. The van der Waals surface area contributed by atoms with Gasteiger partial charge in [-0.05, 0) is 40.7 Å². The van der Waals surface area contributed by atoms with Crippen LogP contribution in [-0.2, 0) is 16.1 Å². The summed E-state index contributed by atoms with van der Waals surface area (Å²) in [5, 5.41) is 2.42. The number of imidazole rings is 1. The summed E-state index contributed by atoms with van der Waals surface area (Å²) >= 11 is 0. The number of halogens is 3. The molecule has 1 amide bonds. The van der Waals surface area contributed by atoms with Crippen molar-refractivity contribution in [1.29, 1.82) is 0 Å². The van der Waals surface area contributed by atoms with Gasteiger partial charge in [-0.15, -0.1) is 0 Å². The van der Waals surface area contributed by atoms with Gasteiger partial charge < -0.3 is 9.47 Å². The van der Waals surface area contributed by atoms with Crippen molar-refractivity contribution < 1.29 is 27.4 Å². The van der Waals surface area contributed by atoms with E-state index in [2.05, 4.69) is 15.3 Å². The van der Waals surface area contributed by atoms with E-state index in [0.717, 1.165) is 4.57 Å². The van der Waals surface area contributed by atoms with E-state index in [1.54, 1.807) is 13.8 Å². The monoisotopic (exact) mass is 418 g/mol. The van der Waals surface area contributed by atoms with Crippen LogP contribution in [0.3, 0.4) is 0 Å². The number of rotatable bonds is 7. The summed E-state index contributed by atoms with van der Waals surface area (Å²) in [7, 11) is 0. The number of carbonyl (C=O) groups excluding carboxylic acids is 1. The zero-order chi connectivity index (χ0) is 21.1. The highest BCUT2D eigenvalue weighted by Gasteiger charge is 2.31. The highest BCUT2D eigenvalue weighted by molar-refractivity contribution is 5.91. The number of nitrogens with one attached hydrogen (secondary N) is 1. The number of hydrogen-bond donors (Lipinski definition) is 1. The third-order valence-electron chi connectivity index (χ3n) is 3.38. The second-order valence-electron chi connectivity index (χ2n) is 7.55. The lowest BCUT2D eigenvalue weighted by Gasteiger charge is -2.19. The first-order chi connectivity index (χ1) is 12.8. The van der Waals surface area contributed by atoms with Crippen molar-refractivity contribution in [1.82, 2.24) is 14.5 Å². The average Bonchev–Trinajstić information content (AvgIpc) is 2.81. The molecule has 29 heavy (non-hydrogen) atoms. The van der Waals surface area contributed by atoms with Crippen LogP contribution in [0.1, 0.15) is 48.5 Å². The maximum absolute atomic E-state index is 13.1. The molecule has 10 heteroatoms. The Kier molecular flexibility index (Phi) is 8.02. The molecule has 2 rings (SSSR count). The molecule has 0 spiro atoms. The number of carbonyl (C=O) groups is 1. The minimum Gasteiger partial charge on any atom is -0.475 e. The maximum Gasteiger partial charge on any atom is 0.406 e. The summed E-state index contributed by atoms with van der Waals surface area (Å²) in [6.45, 7) is 7.89. The van der Waals surface area contributed by atoms with E-state index in [0.29, 0.717) is 0 Å². The standard InChI is InChI=1S/C18H25F3N4O3.CH4/c1-11(2)28-14-7-6-12-15(24-14)25(10-18(19,20)21)16(22-12)23-13(26)8-9-27-17(3,4)5;/h6-7,11H,8-10H2,1-5H3,(H,22,23,26);1H4. The van der Waals surface area contributed by atoms with Crippen molar-refractivity contribution in [3.63, 3.8) is 0 Å². The minimum atomic E-state index is -4.51. The van der Waals surface area contributed by atoms with Crippen LogP contribution in [0.5, 0.6) is 5.88 Å². The van der Waals surface area contributed by atoms with E-state index in [4.69, 9.17) is 9.47 Å². The molecule has 2 heterocycles. The number of fused-ring (bicyclic) bond motifs is 1. The van der Waals surface area contributed by atoms with Crippen LogP contribution in [0.2, 0.25) is 0 Å². The molecular weight excluding hydrogens is 389 g/mol. The zero-order valence-electron chi connectivity index (χ0n) is 16.6. The van der Waals surface area contributed by atoms with E-state index in [-0.39, 0.29) is 49.6 Å². The number of amides is 1. The molecule has 0 bridgehead atoms. The second-order valence-corrected chi connectivity index (χ2v) is 7.55. The fourth-order valence-electron chi connectivity index (χ4n) is 2.35. The van der Waals surface area contributed by atoms with Crippen molar-refractivity contribution in [2.45, 2.75) is 72.9 Å². The van der Waals surface area contributed by atoms with Crippen LogP contribution in [0, 0.1) is 0 Å². The topological polar surface area (TPSA) is 78.3 Å². The van der Waals surface area contributed by atoms with Gasteiger partial charge in [-0.1, -0.05) is 7.43 Å². The number of hydrogen-bond acceptors (Lipinski definition) is 5. The minimum absolute atomic E-state index is 0. The smallest absolute Gasteiger partial charge is 0.406 e. The summed E-state index contributed by atoms with van der Waals surface area (Å²) < 4.78 is 50.9. The second kappa shape index (κ2) is 9.43. The fourth-order valence-corrected chi connectivity index (χ4v) is 2.35. The summed E-state index contributed by atoms with van der Waals surface area (Å²) in [4.78, 5) is 20.3. The molecule has 0 atom stereocenters. The quantitative estimate of drug-likeness (QED) is 0.713. The Bertz CT molecular complexity index is 826. The van der Waals surface area contributed by atoms with Gasteiger partial charge in [0, 0.05) is 6.07 Å². The van der Waals surface area contributed by atoms with Gasteiger partial charge in [0.25, 0.3) is 0 Å². The molecule has 0 aromatic carbocycles. The lowest BCUT2D eigenvalue weighted by atomic mass is 10.2. The van der Waals surface area contributed by atoms with Gasteiger partial charge in [0.1, 0.15) is 12.1 Å². The molecule has 2 aromatic rings. The number of nitrogens with zero attached hydrogens (tertiary/aromatic N) is 3. The van der Waals surface area contributed by atoms with Crippen molar-refractivity contribution in [3.05, 3.63) is 12.1 Å².